The fourth-order valence-corrected chi connectivity index (χ4v) is 4.03. The predicted molar refractivity (Wildman–Crippen MR) is 132 cm³/mol. The standard InChI is InChI=1S/C26H21N3O3S/c1-18-5-10-21(11-6-18)24-17-33-26(28-24)22-12-7-20(8-13-22)16-27-25(30)14-9-19-3-2-4-23(15-19)29(31)32/h2-15,17H,16H2,1H3,(H,27,30)/b14-9+. The summed E-state index contributed by atoms with van der Waals surface area (Å²) in [4.78, 5) is 27.2. The largest absolute Gasteiger partial charge is 0.348 e. The molecule has 1 heterocycles. The smallest absolute Gasteiger partial charge is 0.270 e. The Morgan fingerprint density at radius 1 is 1.06 bits per heavy atom. The number of nitro benzene ring substituents is 1. The maximum Gasteiger partial charge on any atom is 0.270 e. The number of carbonyl (C=O) groups excluding carboxylic acids is 1. The first-order valence-electron chi connectivity index (χ1n) is 10.3. The van der Waals surface area contributed by atoms with E-state index in [-0.39, 0.29) is 11.6 Å². The number of aromatic nitrogens is 1. The number of thiazole rings is 1. The Hall–Kier alpha value is -4.10. The minimum Gasteiger partial charge on any atom is -0.348 e. The van der Waals surface area contributed by atoms with Crippen molar-refractivity contribution in [2.75, 3.05) is 0 Å². The van der Waals surface area contributed by atoms with Gasteiger partial charge < -0.3 is 5.32 Å². The Kier molecular flexibility index (Phi) is 6.71. The van der Waals surface area contributed by atoms with E-state index in [2.05, 4.69) is 41.9 Å². The lowest BCUT2D eigenvalue weighted by atomic mass is 10.1. The lowest BCUT2D eigenvalue weighted by Crippen LogP contribution is -2.20. The van der Waals surface area contributed by atoms with E-state index in [0.29, 0.717) is 12.1 Å². The van der Waals surface area contributed by atoms with Gasteiger partial charge in [0.05, 0.1) is 10.6 Å². The van der Waals surface area contributed by atoms with Gasteiger partial charge in [-0.15, -0.1) is 11.3 Å². The van der Waals surface area contributed by atoms with Gasteiger partial charge in [-0.2, -0.15) is 0 Å². The summed E-state index contributed by atoms with van der Waals surface area (Å²) in [6.07, 6.45) is 2.93. The first kappa shape index (κ1) is 22.1. The molecule has 0 bridgehead atoms. The molecule has 7 heteroatoms. The maximum atomic E-state index is 12.1. The zero-order chi connectivity index (χ0) is 23.2. The van der Waals surface area contributed by atoms with Crippen LogP contribution in [0.1, 0.15) is 16.7 Å². The van der Waals surface area contributed by atoms with Crippen molar-refractivity contribution in [2.24, 2.45) is 0 Å². The third-order valence-corrected chi connectivity index (χ3v) is 5.92. The van der Waals surface area contributed by atoms with Crippen LogP contribution >= 0.6 is 11.3 Å². The third kappa shape index (κ3) is 5.78. The molecule has 0 radical (unpaired) electrons. The summed E-state index contributed by atoms with van der Waals surface area (Å²) in [6.45, 7) is 2.44. The number of benzene rings is 3. The van der Waals surface area contributed by atoms with Gasteiger partial charge >= 0.3 is 0 Å². The molecule has 0 saturated heterocycles. The monoisotopic (exact) mass is 455 g/mol. The van der Waals surface area contributed by atoms with Gasteiger partial charge in [0, 0.05) is 41.3 Å². The SMILES string of the molecule is Cc1ccc(-c2csc(-c3ccc(CNC(=O)/C=C/c4cccc([N+](=O)[O-])c4)cc3)n2)cc1. The normalized spacial score (nSPS) is 10.9. The molecule has 0 aliphatic heterocycles. The van der Waals surface area contributed by atoms with Crippen LogP contribution in [0.5, 0.6) is 0 Å². The highest BCUT2D eigenvalue weighted by Gasteiger charge is 2.07. The maximum absolute atomic E-state index is 12.1. The van der Waals surface area contributed by atoms with Crippen molar-refractivity contribution in [1.29, 1.82) is 0 Å². The van der Waals surface area contributed by atoms with Crippen molar-refractivity contribution < 1.29 is 9.72 Å². The van der Waals surface area contributed by atoms with Crippen LogP contribution in [0.25, 0.3) is 27.9 Å². The van der Waals surface area contributed by atoms with Gasteiger partial charge in [-0.25, -0.2) is 4.98 Å². The number of amides is 1. The number of nitrogens with zero attached hydrogens (tertiary/aromatic N) is 2. The summed E-state index contributed by atoms with van der Waals surface area (Å²) in [7, 11) is 0. The number of nitro groups is 1. The second-order valence-electron chi connectivity index (χ2n) is 7.50. The van der Waals surface area contributed by atoms with Crippen LogP contribution in [-0.2, 0) is 11.3 Å². The zero-order valence-electron chi connectivity index (χ0n) is 17.9. The molecule has 3 aromatic carbocycles. The zero-order valence-corrected chi connectivity index (χ0v) is 18.7. The lowest BCUT2D eigenvalue weighted by molar-refractivity contribution is -0.384. The Bertz CT molecular complexity index is 1310. The van der Waals surface area contributed by atoms with Gasteiger partial charge in [0.2, 0.25) is 5.91 Å². The number of rotatable bonds is 7. The van der Waals surface area contributed by atoms with Crippen LogP contribution in [0.4, 0.5) is 5.69 Å². The molecule has 4 aromatic rings. The quantitative estimate of drug-likeness (QED) is 0.210. The first-order valence-corrected chi connectivity index (χ1v) is 11.2. The highest BCUT2D eigenvalue weighted by atomic mass is 32.1. The summed E-state index contributed by atoms with van der Waals surface area (Å²) in [5.41, 5.74) is 5.85. The molecule has 6 nitrogen and oxygen atoms in total. The van der Waals surface area contributed by atoms with E-state index in [1.54, 1.807) is 29.5 Å². The molecule has 0 aliphatic rings. The second kappa shape index (κ2) is 10.0. The molecule has 0 spiro atoms. The Balaban J connectivity index is 1.34. The van der Waals surface area contributed by atoms with Crippen LogP contribution in [0.15, 0.2) is 84.3 Å². The average Bonchev–Trinajstić information content (AvgIpc) is 3.33. The topological polar surface area (TPSA) is 85.1 Å². The predicted octanol–water partition coefficient (Wildman–Crippen LogP) is 6.02. The number of carbonyl (C=O) groups is 1. The molecule has 1 N–H and O–H groups in total. The van der Waals surface area contributed by atoms with Crippen LogP contribution in [0.2, 0.25) is 0 Å². The molecule has 4 rings (SSSR count). The number of aryl methyl sites for hydroxylation is 1. The summed E-state index contributed by atoms with van der Waals surface area (Å²) < 4.78 is 0. The summed E-state index contributed by atoms with van der Waals surface area (Å²) in [5.74, 6) is -0.270. The van der Waals surface area contributed by atoms with Crippen LogP contribution in [0, 0.1) is 17.0 Å². The minimum absolute atomic E-state index is 0.0103. The van der Waals surface area contributed by atoms with Gasteiger partial charge in [-0.3, -0.25) is 14.9 Å². The molecule has 0 saturated carbocycles. The fraction of sp³-hybridized carbons (Fsp3) is 0.0769. The molecule has 0 fully saturated rings. The van der Waals surface area contributed by atoms with E-state index in [0.717, 1.165) is 27.4 Å². The van der Waals surface area contributed by atoms with Crippen LogP contribution in [0.3, 0.4) is 0 Å². The van der Waals surface area contributed by atoms with Gasteiger partial charge in [0.1, 0.15) is 5.01 Å². The van der Waals surface area contributed by atoms with Crippen molar-refractivity contribution in [1.82, 2.24) is 10.3 Å². The average molecular weight is 456 g/mol. The molecule has 0 unspecified atom stereocenters. The number of hydrogen-bond donors (Lipinski definition) is 1. The molecule has 0 aliphatic carbocycles. The molecule has 33 heavy (non-hydrogen) atoms. The highest BCUT2D eigenvalue weighted by molar-refractivity contribution is 7.13. The summed E-state index contributed by atoms with van der Waals surface area (Å²) in [5, 5.41) is 16.7. The van der Waals surface area contributed by atoms with E-state index in [1.165, 1.54) is 23.8 Å². The van der Waals surface area contributed by atoms with Crippen LogP contribution in [-0.4, -0.2) is 15.8 Å². The Labute approximate surface area is 195 Å². The van der Waals surface area contributed by atoms with Gasteiger partial charge in [-0.05, 0) is 24.1 Å². The highest BCUT2D eigenvalue weighted by Crippen LogP contribution is 2.29. The van der Waals surface area contributed by atoms with Gasteiger partial charge in [0.15, 0.2) is 0 Å². The summed E-state index contributed by atoms with van der Waals surface area (Å²) in [6, 6.07) is 22.4. The molecule has 1 amide bonds. The van der Waals surface area contributed by atoms with Gasteiger partial charge in [-0.1, -0.05) is 66.2 Å². The van der Waals surface area contributed by atoms with E-state index in [1.807, 2.05) is 24.3 Å². The van der Waals surface area contributed by atoms with Crippen molar-refractivity contribution in [2.45, 2.75) is 13.5 Å². The number of non-ortho nitro benzene ring substituents is 1. The van der Waals surface area contributed by atoms with E-state index in [4.69, 9.17) is 4.98 Å². The first-order chi connectivity index (χ1) is 16.0. The molecule has 0 atom stereocenters. The molecular formula is C26H21N3O3S. The van der Waals surface area contributed by atoms with Crippen molar-refractivity contribution in [3.63, 3.8) is 0 Å². The minimum atomic E-state index is -0.462. The third-order valence-electron chi connectivity index (χ3n) is 5.03. The fourth-order valence-electron chi connectivity index (χ4n) is 3.19. The van der Waals surface area contributed by atoms with Gasteiger partial charge in [0.25, 0.3) is 5.69 Å². The Morgan fingerprint density at radius 2 is 1.79 bits per heavy atom. The molecular weight excluding hydrogens is 434 g/mol. The van der Waals surface area contributed by atoms with Crippen molar-refractivity contribution in [3.8, 4) is 21.8 Å². The Morgan fingerprint density at radius 3 is 2.52 bits per heavy atom. The van der Waals surface area contributed by atoms with Crippen molar-refractivity contribution >= 4 is 29.0 Å². The second-order valence-corrected chi connectivity index (χ2v) is 8.36. The molecule has 164 valence electrons. The van der Waals surface area contributed by atoms with Crippen molar-refractivity contribution in [3.05, 3.63) is 111 Å². The lowest BCUT2D eigenvalue weighted by Gasteiger charge is -2.04. The van der Waals surface area contributed by atoms with E-state index >= 15 is 0 Å². The van der Waals surface area contributed by atoms with E-state index in [9.17, 15) is 14.9 Å². The van der Waals surface area contributed by atoms with E-state index < -0.39 is 4.92 Å². The number of hydrogen-bond acceptors (Lipinski definition) is 5. The van der Waals surface area contributed by atoms with Crippen LogP contribution < -0.4 is 5.32 Å². The number of nitrogens with one attached hydrogen (secondary N) is 1. The summed E-state index contributed by atoms with van der Waals surface area (Å²) >= 11 is 1.60. The molecule has 1 aromatic heterocycles.